The number of amides is 2. The number of piperazine rings is 1. The van der Waals surface area contributed by atoms with Gasteiger partial charge in [-0.25, -0.2) is 4.98 Å². The molecule has 2 amide bonds. The number of aromatic nitrogens is 1. The molecule has 2 fully saturated rings. The molecule has 0 aromatic carbocycles. The second-order valence-corrected chi connectivity index (χ2v) is 7.14. The number of carbonyl (C=O) groups is 2. The van der Waals surface area contributed by atoms with Crippen molar-refractivity contribution in [1.29, 1.82) is 0 Å². The molecule has 25 heavy (non-hydrogen) atoms. The van der Waals surface area contributed by atoms with Gasteiger partial charge in [-0.1, -0.05) is 18.9 Å². The third-order valence-corrected chi connectivity index (χ3v) is 5.26. The molecule has 2 aliphatic rings. The number of hydrogen-bond acceptors (Lipinski definition) is 4. The number of carbonyl (C=O) groups excluding carboxylic acids is 2. The van der Waals surface area contributed by atoms with Crippen LogP contribution < -0.4 is 10.2 Å². The van der Waals surface area contributed by atoms with E-state index in [9.17, 15) is 9.59 Å². The summed E-state index contributed by atoms with van der Waals surface area (Å²) in [6.07, 6.45) is 7.09. The van der Waals surface area contributed by atoms with Crippen LogP contribution in [0.1, 0.15) is 39.0 Å². The Balaban J connectivity index is 1.44. The minimum absolute atomic E-state index is 0.0138. The van der Waals surface area contributed by atoms with Crippen molar-refractivity contribution in [2.24, 2.45) is 5.92 Å². The second-order valence-electron chi connectivity index (χ2n) is 7.14. The first-order chi connectivity index (χ1) is 12.1. The molecule has 6 heteroatoms. The number of anilines is 1. The van der Waals surface area contributed by atoms with Gasteiger partial charge in [-0.3, -0.25) is 9.59 Å². The summed E-state index contributed by atoms with van der Waals surface area (Å²) >= 11 is 0. The molecule has 1 atom stereocenters. The molecule has 1 aromatic rings. The number of nitrogens with zero attached hydrogens (tertiary/aromatic N) is 3. The minimum Gasteiger partial charge on any atom is -0.353 e. The molecule has 136 valence electrons. The van der Waals surface area contributed by atoms with Gasteiger partial charge in [-0.05, 0) is 37.8 Å². The van der Waals surface area contributed by atoms with Crippen LogP contribution in [0.3, 0.4) is 0 Å². The standard InChI is InChI=1S/C19H28N4O2/c1-15(21-18(24)14-16-6-2-3-7-16)19(25)23-12-10-22(11-13-23)17-8-4-5-9-20-17/h4-5,8-9,15-16H,2-3,6-7,10-14H2,1H3,(H,21,24). The summed E-state index contributed by atoms with van der Waals surface area (Å²) in [6.45, 7) is 4.66. The van der Waals surface area contributed by atoms with Crippen molar-refractivity contribution < 1.29 is 9.59 Å². The molecule has 1 N–H and O–H groups in total. The Morgan fingerprint density at radius 1 is 1.20 bits per heavy atom. The number of nitrogens with one attached hydrogen (secondary N) is 1. The summed E-state index contributed by atoms with van der Waals surface area (Å²) < 4.78 is 0. The maximum absolute atomic E-state index is 12.6. The van der Waals surface area contributed by atoms with Crippen LogP contribution in [0.2, 0.25) is 0 Å². The van der Waals surface area contributed by atoms with Crippen LogP contribution in [0.15, 0.2) is 24.4 Å². The molecule has 1 saturated heterocycles. The topological polar surface area (TPSA) is 65.5 Å². The molecule has 6 nitrogen and oxygen atoms in total. The Bertz CT molecular complexity index is 578. The molecule has 1 aromatic heterocycles. The fourth-order valence-corrected chi connectivity index (χ4v) is 3.81. The van der Waals surface area contributed by atoms with Crippen LogP contribution >= 0.6 is 0 Å². The van der Waals surface area contributed by atoms with E-state index in [4.69, 9.17) is 0 Å². The van der Waals surface area contributed by atoms with E-state index in [1.54, 1.807) is 13.1 Å². The van der Waals surface area contributed by atoms with Crippen molar-refractivity contribution in [1.82, 2.24) is 15.2 Å². The van der Waals surface area contributed by atoms with Gasteiger partial charge in [-0.15, -0.1) is 0 Å². The van der Waals surface area contributed by atoms with Gasteiger partial charge in [0, 0.05) is 38.8 Å². The van der Waals surface area contributed by atoms with Gasteiger partial charge in [0.05, 0.1) is 0 Å². The number of pyridine rings is 1. The fourth-order valence-electron chi connectivity index (χ4n) is 3.81. The van der Waals surface area contributed by atoms with Crippen LogP contribution in [0, 0.1) is 5.92 Å². The summed E-state index contributed by atoms with van der Waals surface area (Å²) in [5.74, 6) is 1.48. The third-order valence-electron chi connectivity index (χ3n) is 5.26. The molecular weight excluding hydrogens is 316 g/mol. The Labute approximate surface area is 149 Å². The lowest BCUT2D eigenvalue weighted by molar-refractivity contribution is -0.136. The largest absolute Gasteiger partial charge is 0.353 e. The van der Waals surface area contributed by atoms with Crippen molar-refractivity contribution in [2.75, 3.05) is 31.1 Å². The van der Waals surface area contributed by atoms with Crippen LogP contribution in [0.4, 0.5) is 5.82 Å². The van der Waals surface area contributed by atoms with E-state index in [1.807, 2.05) is 23.1 Å². The molecule has 0 radical (unpaired) electrons. The summed E-state index contributed by atoms with van der Waals surface area (Å²) in [6, 6.07) is 5.42. The van der Waals surface area contributed by atoms with Gasteiger partial charge in [0.15, 0.2) is 0 Å². The average molecular weight is 344 g/mol. The Morgan fingerprint density at radius 3 is 2.56 bits per heavy atom. The highest BCUT2D eigenvalue weighted by Crippen LogP contribution is 2.27. The second kappa shape index (κ2) is 8.32. The van der Waals surface area contributed by atoms with E-state index in [1.165, 1.54) is 12.8 Å². The number of rotatable bonds is 5. The van der Waals surface area contributed by atoms with Gasteiger partial charge in [-0.2, -0.15) is 0 Å². The zero-order valence-corrected chi connectivity index (χ0v) is 15.0. The average Bonchev–Trinajstić information content (AvgIpc) is 3.14. The predicted molar refractivity (Wildman–Crippen MR) is 97.2 cm³/mol. The van der Waals surface area contributed by atoms with Gasteiger partial charge in [0.25, 0.3) is 0 Å². The van der Waals surface area contributed by atoms with E-state index in [2.05, 4.69) is 15.2 Å². The predicted octanol–water partition coefficient (Wildman–Crippen LogP) is 1.82. The summed E-state index contributed by atoms with van der Waals surface area (Å²) in [5.41, 5.74) is 0. The molecule has 1 unspecified atom stereocenters. The SMILES string of the molecule is CC(NC(=O)CC1CCCC1)C(=O)N1CCN(c2ccccn2)CC1. The molecule has 1 aliphatic heterocycles. The van der Waals surface area contributed by atoms with Crippen LogP contribution in [-0.4, -0.2) is 53.9 Å². The highest BCUT2D eigenvalue weighted by atomic mass is 16.2. The van der Waals surface area contributed by atoms with Crippen molar-refractivity contribution in [3.05, 3.63) is 24.4 Å². The monoisotopic (exact) mass is 344 g/mol. The highest BCUT2D eigenvalue weighted by Gasteiger charge is 2.27. The zero-order valence-electron chi connectivity index (χ0n) is 15.0. The Hall–Kier alpha value is -2.11. The molecule has 3 rings (SSSR count). The van der Waals surface area contributed by atoms with Crippen molar-refractivity contribution in [3.63, 3.8) is 0 Å². The molecule has 0 bridgehead atoms. The van der Waals surface area contributed by atoms with E-state index in [-0.39, 0.29) is 11.8 Å². The van der Waals surface area contributed by atoms with Crippen LogP contribution in [-0.2, 0) is 9.59 Å². The number of hydrogen-bond donors (Lipinski definition) is 1. The van der Waals surface area contributed by atoms with E-state index in [0.29, 0.717) is 25.4 Å². The Morgan fingerprint density at radius 2 is 1.92 bits per heavy atom. The molecule has 2 heterocycles. The summed E-state index contributed by atoms with van der Waals surface area (Å²) in [5, 5.41) is 2.89. The third kappa shape index (κ3) is 4.71. The lowest BCUT2D eigenvalue weighted by Gasteiger charge is -2.36. The first-order valence-corrected chi connectivity index (χ1v) is 9.37. The highest BCUT2D eigenvalue weighted by molar-refractivity contribution is 5.87. The maximum atomic E-state index is 12.6. The van der Waals surface area contributed by atoms with Gasteiger partial charge < -0.3 is 15.1 Å². The van der Waals surface area contributed by atoms with Crippen molar-refractivity contribution >= 4 is 17.6 Å². The van der Waals surface area contributed by atoms with E-state index < -0.39 is 6.04 Å². The summed E-state index contributed by atoms with van der Waals surface area (Å²) in [7, 11) is 0. The van der Waals surface area contributed by atoms with E-state index >= 15 is 0 Å². The Kier molecular flexibility index (Phi) is 5.89. The quantitative estimate of drug-likeness (QED) is 0.885. The fraction of sp³-hybridized carbons (Fsp3) is 0.632. The molecular formula is C19H28N4O2. The van der Waals surface area contributed by atoms with Crippen LogP contribution in [0.25, 0.3) is 0 Å². The van der Waals surface area contributed by atoms with Gasteiger partial charge in [0.1, 0.15) is 11.9 Å². The first kappa shape index (κ1) is 17.7. The van der Waals surface area contributed by atoms with Crippen molar-refractivity contribution in [3.8, 4) is 0 Å². The lowest BCUT2D eigenvalue weighted by Crippen LogP contribution is -2.54. The van der Waals surface area contributed by atoms with E-state index in [0.717, 1.165) is 31.7 Å². The lowest BCUT2D eigenvalue weighted by atomic mass is 10.0. The van der Waals surface area contributed by atoms with Gasteiger partial charge in [0.2, 0.25) is 11.8 Å². The molecule has 1 aliphatic carbocycles. The molecule has 1 saturated carbocycles. The maximum Gasteiger partial charge on any atom is 0.244 e. The van der Waals surface area contributed by atoms with Gasteiger partial charge >= 0.3 is 0 Å². The molecule has 0 spiro atoms. The normalized spacial score (nSPS) is 19.7. The smallest absolute Gasteiger partial charge is 0.244 e. The zero-order chi connectivity index (χ0) is 17.6. The van der Waals surface area contributed by atoms with Crippen molar-refractivity contribution in [2.45, 2.75) is 45.1 Å². The first-order valence-electron chi connectivity index (χ1n) is 9.37. The minimum atomic E-state index is -0.449. The summed E-state index contributed by atoms with van der Waals surface area (Å²) in [4.78, 5) is 33.1. The van der Waals surface area contributed by atoms with Crippen LogP contribution in [0.5, 0.6) is 0 Å².